The van der Waals surface area contributed by atoms with E-state index in [0.717, 1.165) is 22.6 Å². The van der Waals surface area contributed by atoms with E-state index in [1.807, 2.05) is 66.1 Å². The fourth-order valence-corrected chi connectivity index (χ4v) is 4.13. The first-order valence-electron chi connectivity index (χ1n) is 10.4. The van der Waals surface area contributed by atoms with Crippen LogP contribution in [-0.4, -0.2) is 33.5 Å². The highest BCUT2D eigenvalue weighted by atomic mass is 32.2. The van der Waals surface area contributed by atoms with Crippen molar-refractivity contribution in [3.05, 3.63) is 90.2 Å². The molecule has 0 aliphatic rings. The number of carbonyl (C=O) groups excluding carboxylic acids is 1. The molecule has 0 aliphatic heterocycles. The average Bonchev–Trinajstić information content (AvgIpc) is 3.28. The summed E-state index contributed by atoms with van der Waals surface area (Å²) in [5.74, 6) is 1.08. The van der Waals surface area contributed by atoms with Gasteiger partial charge in [-0.25, -0.2) is 4.39 Å². The second-order valence-electron chi connectivity index (χ2n) is 7.34. The Morgan fingerprint density at radius 2 is 1.82 bits per heavy atom. The van der Waals surface area contributed by atoms with E-state index < -0.39 is 0 Å². The van der Waals surface area contributed by atoms with Crippen LogP contribution in [0.15, 0.2) is 84.0 Å². The van der Waals surface area contributed by atoms with Crippen molar-refractivity contribution in [3.8, 4) is 22.8 Å². The number of amides is 1. The minimum absolute atomic E-state index is 0.151. The topological polar surface area (TPSA) is 69.0 Å². The number of nitrogens with zero attached hydrogens (tertiary/aromatic N) is 3. The van der Waals surface area contributed by atoms with Crippen molar-refractivity contribution in [2.45, 2.75) is 18.1 Å². The summed E-state index contributed by atoms with van der Waals surface area (Å²) in [7, 11) is 1.62. The first kappa shape index (κ1) is 22.5. The number of ether oxygens (including phenoxy) is 1. The van der Waals surface area contributed by atoms with Crippen LogP contribution in [0.3, 0.4) is 0 Å². The van der Waals surface area contributed by atoms with Gasteiger partial charge in [0.1, 0.15) is 11.6 Å². The third kappa shape index (κ3) is 5.40. The van der Waals surface area contributed by atoms with Crippen LogP contribution >= 0.6 is 11.8 Å². The summed E-state index contributed by atoms with van der Waals surface area (Å²) in [6.45, 7) is 1.86. The van der Waals surface area contributed by atoms with Crippen LogP contribution in [0, 0.1) is 5.82 Å². The average molecular weight is 463 g/mol. The van der Waals surface area contributed by atoms with E-state index >= 15 is 0 Å². The van der Waals surface area contributed by atoms with Crippen molar-refractivity contribution in [1.29, 1.82) is 0 Å². The maximum atomic E-state index is 13.2. The van der Waals surface area contributed by atoms with E-state index in [0.29, 0.717) is 11.0 Å². The summed E-state index contributed by atoms with van der Waals surface area (Å²) in [6, 6.07) is 23.2. The molecule has 4 aromatic rings. The van der Waals surface area contributed by atoms with Crippen molar-refractivity contribution < 1.29 is 13.9 Å². The molecule has 0 saturated carbocycles. The molecule has 0 aliphatic carbocycles. The number of thioether (sulfide) groups is 1. The molecule has 0 spiro atoms. The Kier molecular flexibility index (Phi) is 7.04. The van der Waals surface area contributed by atoms with Gasteiger partial charge in [-0.1, -0.05) is 54.2 Å². The molecule has 0 saturated heterocycles. The van der Waals surface area contributed by atoms with Gasteiger partial charge in [-0.3, -0.25) is 9.36 Å². The highest BCUT2D eigenvalue weighted by Gasteiger charge is 2.18. The minimum Gasteiger partial charge on any atom is -0.497 e. The highest BCUT2D eigenvalue weighted by Crippen LogP contribution is 2.29. The summed E-state index contributed by atoms with van der Waals surface area (Å²) in [4.78, 5) is 12.6. The van der Waals surface area contributed by atoms with E-state index in [1.165, 1.54) is 23.9 Å². The monoisotopic (exact) mass is 462 g/mol. The van der Waals surface area contributed by atoms with Crippen LogP contribution in [0.5, 0.6) is 5.75 Å². The number of methoxy groups -OCH3 is 1. The summed E-state index contributed by atoms with van der Waals surface area (Å²) in [6.07, 6.45) is 0. The highest BCUT2D eigenvalue weighted by molar-refractivity contribution is 7.99. The molecule has 0 bridgehead atoms. The molecule has 1 amide bonds. The third-order valence-electron chi connectivity index (χ3n) is 5.06. The maximum Gasteiger partial charge on any atom is 0.230 e. The van der Waals surface area contributed by atoms with Crippen molar-refractivity contribution >= 4 is 17.7 Å². The largest absolute Gasteiger partial charge is 0.497 e. The van der Waals surface area contributed by atoms with E-state index in [4.69, 9.17) is 4.74 Å². The summed E-state index contributed by atoms with van der Waals surface area (Å²) in [5.41, 5.74) is 2.58. The first-order valence-corrected chi connectivity index (χ1v) is 11.4. The Balaban J connectivity index is 1.54. The van der Waals surface area contributed by atoms with E-state index in [1.54, 1.807) is 19.2 Å². The van der Waals surface area contributed by atoms with Gasteiger partial charge in [0.05, 0.1) is 18.9 Å². The molecule has 1 aromatic heterocycles. The number of nitrogens with one attached hydrogen (secondary N) is 1. The molecule has 1 unspecified atom stereocenters. The Morgan fingerprint density at radius 3 is 2.55 bits per heavy atom. The molecular formula is C25H23FN4O2S. The summed E-state index contributed by atoms with van der Waals surface area (Å²) in [5, 5.41) is 12.3. The normalized spacial score (nSPS) is 11.7. The van der Waals surface area contributed by atoms with Gasteiger partial charge in [0.2, 0.25) is 5.91 Å². The molecule has 168 valence electrons. The molecule has 1 atom stereocenters. The molecule has 4 rings (SSSR count). The minimum atomic E-state index is -0.306. The summed E-state index contributed by atoms with van der Waals surface area (Å²) >= 11 is 1.30. The van der Waals surface area contributed by atoms with Crippen molar-refractivity contribution in [2.75, 3.05) is 12.9 Å². The lowest BCUT2D eigenvalue weighted by Crippen LogP contribution is -2.28. The van der Waals surface area contributed by atoms with Gasteiger partial charge in [0, 0.05) is 11.3 Å². The Hall–Kier alpha value is -3.65. The predicted molar refractivity (Wildman–Crippen MR) is 127 cm³/mol. The molecule has 1 heterocycles. The van der Waals surface area contributed by atoms with Crippen LogP contribution < -0.4 is 10.1 Å². The lowest BCUT2D eigenvalue weighted by Gasteiger charge is -2.14. The van der Waals surface area contributed by atoms with Gasteiger partial charge in [-0.15, -0.1) is 10.2 Å². The van der Waals surface area contributed by atoms with Gasteiger partial charge in [0.25, 0.3) is 0 Å². The second kappa shape index (κ2) is 10.3. The zero-order chi connectivity index (χ0) is 23.2. The summed E-state index contributed by atoms with van der Waals surface area (Å²) < 4.78 is 20.4. The molecular weight excluding hydrogens is 439 g/mol. The predicted octanol–water partition coefficient (Wildman–Crippen LogP) is 5.05. The lowest BCUT2D eigenvalue weighted by atomic mass is 10.1. The van der Waals surface area contributed by atoms with Crippen LogP contribution in [0.25, 0.3) is 17.1 Å². The number of carbonyl (C=O) groups is 1. The molecule has 6 nitrogen and oxygen atoms in total. The number of halogens is 1. The van der Waals surface area contributed by atoms with Gasteiger partial charge in [-0.2, -0.15) is 0 Å². The third-order valence-corrected chi connectivity index (χ3v) is 5.98. The number of aromatic nitrogens is 3. The fourth-order valence-electron chi connectivity index (χ4n) is 3.37. The number of hydrogen-bond acceptors (Lipinski definition) is 5. The number of para-hydroxylation sites is 1. The van der Waals surface area contributed by atoms with Gasteiger partial charge in [-0.05, 0) is 48.9 Å². The van der Waals surface area contributed by atoms with Crippen LogP contribution in [-0.2, 0) is 4.79 Å². The second-order valence-corrected chi connectivity index (χ2v) is 8.28. The smallest absolute Gasteiger partial charge is 0.230 e. The lowest BCUT2D eigenvalue weighted by molar-refractivity contribution is -0.119. The van der Waals surface area contributed by atoms with E-state index in [2.05, 4.69) is 15.5 Å². The first-order chi connectivity index (χ1) is 16.0. The fraction of sp³-hybridized carbons (Fsp3) is 0.160. The zero-order valence-corrected chi connectivity index (χ0v) is 19.1. The molecule has 0 radical (unpaired) electrons. The molecule has 33 heavy (non-hydrogen) atoms. The van der Waals surface area contributed by atoms with Crippen LogP contribution in [0.2, 0.25) is 0 Å². The standard InChI is InChI=1S/C25H23FN4O2S/c1-17(18-11-13-20(26)14-12-18)27-23(31)16-33-25-29-28-24(19-7-6-10-22(15-19)32-2)30(25)21-8-4-3-5-9-21/h3-15,17H,16H2,1-2H3,(H,27,31). The van der Waals surface area contributed by atoms with Crippen LogP contribution in [0.4, 0.5) is 4.39 Å². The Morgan fingerprint density at radius 1 is 1.06 bits per heavy atom. The van der Waals surface area contributed by atoms with Crippen molar-refractivity contribution in [2.24, 2.45) is 0 Å². The SMILES string of the molecule is COc1cccc(-c2nnc(SCC(=O)NC(C)c3ccc(F)cc3)n2-c2ccccc2)c1. The van der Waals surface area contributed by atoms with Crippen molar-refractivity contribution in [3.63, 3.8) is 0 Å². The number of benzene rings is 3. The number of rotatable bonds is 8. The van der Waals surface area contributed by atoms with E-state index in [9.17, 15) is 9.18 Å². The van der Waals surface area contributed by atoms with E-state index in [-0.39, 0.29) is 23.5 Å². The quantitative estimate of drug-likeness (QED) is 0.371. The maximum absolute atomic E-state index is 13.2. The Bertz CT molecular complexity index is 1230. The van der Waals surface area contributed by atoms with Gasteiger partial charge < -0.3 is 10.1 Å². The van der Waals surface area contributed by atoms with Crippen molar-refractivity contribution in [1.82, 2.24) is 20.1 Å². The van der Waals surface area contributed by atoms with Gasteiger partial charge >= 0.3 is 0 Å². The zero-order valence-electron chi connectivity index (χ0n) is 18.2. The van der Waals surface area contributed by atoms with Gasteiger partial charge in [0.15, 0.2) is 11.0 Å². The molecule has 8 heteroatoms. The Labute approximate surface area is 195 Å². The molecule has 3 aromatic carbocycles. The number of hydrogen-bond donors (Lipinski definition) is 1. The molecule has 0 fully saturated rings. The van der Waals surface area contributed by atoms with Crippen LogP contribution in [0.1, 0.15) is 18.5 Å². The molecule has 1 N–H and O–H groups in total.